The average molecular weight is 446 g/mol. The van der Waals surface area contributed by atoms with Crippen molar-refractivity contribution in [2.75, 3.05) is 13.1 Å². The molecule has 0 aromatic carbocycles. The highest BCUT2D eigenvalue weighted by Gasteiger charge is 2.28. The van der Waals surface area contributed by atoms with Gasteiger partial charge in [-0.1, -0.05) is 22.9 Å². The molecule has 1 aromatic rings. The molecule has 2 heterocycles. The number of thiophene rings is 1. The molecular weight excluding hydrogens is 434 g/mol. The van der Waals surface area contributed by atoms with Crippen LogP contribution in [0.2, 0.25) is 0 Å². The minimum Gasteiger partial charge on any atom is -0.338 e. The molecule has 17 heavy (non-hydrogen) atoms. The molecule has 0 spiro atoms. The summed E-state index contributed by atoms with van der Waals surface area (Å²) in [6.45, 7) is 3.85. The number of halogens is 3. The third-order valence-electron chi connectivity index (χ3n) is 2.94. The maximum absolute atomic E-state index is 12.3. The number of amides is 1. The van der Waals surface area contributed by atoms with Crippen molar-refractivity contribution in [1.82, 2.24) is 4.90 Å². The van der Waals surface area contributed by atoms with Gasteiger partial charge >= 0.3 is 0 Å². The van der Waals surface area contributed by atoms with Crippen molar-refractivity contribution < 1.29 is 4.79 Å². The normalized spacial score (nSPS) is 25.1. The van der Waals surface area contributed by atoms with E-state index in [1.54, 1.807) is 0 Å². The molecule has 1 fully saturated rings. The van der Waals surface area contributed by atoms with E-state index in [1.807, 2.05) is 11.0 Å². The van der Waals surface area contributed by atoms with Crippen LogP contribution in [0, 0.1) is 5.92 Å². The summed E-state index contributed by atoms with van der Waals surface area (Å²) in [5.74, 6) is 0.659. The van der Waals surface area contributed by atoms with Gasteiger partial charge in [0.15, 0.2) is 0 Å². The fourth-order valence-electron chi connectivity index (χ4n) is 1.91. The first kappa shape index (κ1) is 14.0. The summed E-state index contributed by atoms with van der Waals surface area (Å²) in [4.78, 5) is 15.6. The van der Waals surface area contributed by atoms with Crippen LogP contribution in [0.1, 0.15) is 23.0 Å². The molecule has 2 atom stereocenters. The Kier molecular flexibility index (Phi) is 4.72. The molecule has 1 aromatic heterocycles. The van der Waals surface area contributed by atoms with Crippen LogP contribution in [0.3, 0.4) is 0 Å². The molecule has 1 amide bonds. The van der Waals surface area contributed by atoms with Gasteiger partial charge in [0.05, 0.1) is 8.66 Å². The van der Waals surface area contributed by atoms with Crippen LogP contribution < -0.4 is 0 Å². The van der Waals surface area contributed by atoms with Crippen LogP contribution in [0.25, 0.3) is 0 Å². The molecule has 0 N–H and O–H groups in total. The summed E-state index contributed by atoms with van der Waals surface area (Å²) in [5.41, 5.74) is 0. The van der Waals surface area contributed by atoms with Gasteiger partial charge < -0.3 is 4.90 Å². The number of hydrogen-bond acceptors (Lipinski definition) is 2. The summed E-state index contributed by atoms with van der Waals surface area (Å²) in [6, 6.07) is 1.89. The van der Waals surface area contributed by atoms with E-state index < -0.39 is 0 Å². The largest absolute Gasteiger partial charge is 0.338 e. The smallest absolute Gasteiger partial charge is 0.264 e. The van der Waals surface area contributed by atoms with Gasteiger partial charge in [-0.2, -0.15) is 0 Å². The Bertz CT molecular complexity index is 415. The van der Waals surface area contributed by atoms with E-state index in [2.05, 4.69) is 54.7 Å². The quantitative estimate of drug-likeness (QED) is 0.582. The van der Waals surface area contributed by atoms with Crippen LogP contribution in [-0.2, 0) is 0 Å². The molecule has 1 saturated heterocycles. The Balaban J connectivity index is 2.10. The number of nitrogens with zero attached hydrogens (tertiary/aromatic N) is 1. The lowest BCUT2D eigenvalue weighted by Gasteiger charge is -2.34. The lowest BCUT2D eigenvalue weighted by atomic mass is 10.00. The van der Waals surface area contributed by atoms with Gasteiger partial charge in [0.25, 0.3) is 5.91 Å². The first-order chi connectivity index (χ1) is 7.99. The number of rotatable bonds is 1. The molecule has 0 radical (unpaired) electrons. The van der Waals surface area contributed by atoms with Gasteiger partial charge in [0, 0.05) is 22.4 Å². The molecule has 1 aliphatic heterocycles. The fourth-order valence-corrected chi connectivity index (χ4v) is 4.28. The lowest BCUT2D eigenvalue weighted by molar-refractivity contribution is 0.0695. The second-order valence-electron chi connectivity index (χ2n) is 4.27. The van der Waals surface area contributed by atoms with Crippen molar-refractivity contribution in [3.63, 3.8) is 0 Å². The van der Waals surface area contributed by atoms with Crippen molar-refractivity contribution in [3.8, 4) is 0 Å². The maximum atomic E-state index is 12.3. The number of carbonyl (C=O) groups excluding carboxylic acids is 1. The number of hydrogen-bond donors (Lipinski definition) is 0. The fraction of sp³-hybridized carbons (Fsp3) is 0.545. The number of likely N-dealkylation sites (tertiary alicyclic amines) is 1. The topological polar surface area (TPSA) is 20.3 Å². The van der Waals surface area contributed by atoms with Crippen LogP contribution >= 0.6 is 59.1 Å². The Morgan fingerprint density at radius 2 is 2.24 bits per heavy atom. The Morgan fingerprint density at radius 1 is 1.53 bits per heavy atom. The number of piperidine rings is 1. The molecular formula is C11H12Br3NOS. The molecule has 2 unspecified atom stereocenters. The molecule has 94 valence electrons. The monoisotopic (exact) mass is 443 g/mol. The minimum absolute atomic E-state index is 0.146. The number of alkyl halides is 1. The first-order valence-electron chi connectivity index (χ1n) is 5.37. The molecule has 2 rings (SSSR count). The van der Waals surface area contributed by atoms with Gasteiger partial charge in [-0.05, 0) is 50.3 Å². The highest BCUT2D eigenvalue weighted by atomic mass is 79.9. The van der Waals surface area contributed by atoms with E-state index in [1.165, 1.54) is 11.3 Å². The van der Waals surface area contributed by atoms with E-state index in [9.17, 15) is 4.79 Å². The second kappa shape index (κ2) is 5.72. The van der Waals surface area contributed by atoms with Crippen molar-refractivity contribution in [2.24, 2.45) is 5.92 Å². The average Bonchev–Trinajstić information content (AvgIpc) is 2.62. The molecule has 6 heteroatoms. The SMILES string of the molecule is CC1CN(C(=O)c2cc(Br)c(Br)s2)CCC1Br. The zero-order chi connectivity index (χ0) is 12.6. The van der Waals surface area contributed by atoms with Gasteiger partial charge in [-0.3, -0.25) is 4.79 Å². The van der Waals surface area contributed by atoms with Crippen LogP contribution in [0.15, 0.2) is 14.3 Å². The zero-order valence-electron chi connectivity index (χ0n) is 9.25. The predicted molar refractivity (Wildman–Crippen MR) is 82.1 cm³/mol. The summed E-state index contributed by atoms with van der Waals surface area (Å²) in [6.07, 6.45) is 1.03. The molecule has 2 nitrogen and oxygen atoms in total. The highest BCUT2D eigenvalue weighted by molar-refractivity contribution is 9.13. The first-order valence-corrected chi connectivity index (χ1v) is 8.69. The Hall–Kier alpha value is 0.610. The minimum atomic E-state index is 0.146. The molecule has 0 bridgehead atoms. The van der Waals surface area contributed by atoms with Gasteiger partial charge in [-0.15, -0.1) is 11.3 Å². The van der Waals surface area contributed by atoms with Crippen molar-refractivity contribution in [1.29, 1.82) is 0 Å². The Morgan fingerprint density at radius 3 is 2.76 bits per heavy atom. The molecule has 1 aliphatic rings. The standard InChI is InChI=1S/C11H12Br3NOS/c1-6-5-15(3-2-7(6)12)11(16)9-4-8(13)10(14)17-9/h4,6-7H,2-3,5H2,1H3. The third-order valence-corrected chi connectivity index (χ3v) is 7.55. The van der Waals surface area contributed by atoms with Crippen LogP contribution in [-0.4, -0.2) is 28.7 Å². The van der Waals surface area contributed by atoms with Gasteiger partial charge in [0.2, 0.25) is 0 Å². The van der Waals surface area contributed by atoms with Crippen molar-refractivity contribution in [2.45, 2.75) is 18.2 Å². The van der Waals surface area contributed by atoms with E-state index in [4.69, 9.17) is 0 Å². The maximum Gasteiger partial charge on any atom is 0.264 e. The van der Waals surface area contributed by atoms with Gasteiger partial charge in [-0.25, -0.2) is 0 Å². The zero-order valence-corrected chi connectivity index (χ0v) is 14.8. The highest BCUT2D eigenvalue weighted by Crippen LogP contribution is 2.34. The summed E-state index contributed by atoms with van der Waals surface area (Å²) in [5, 5.41) is 0. The van der Waals surface area contributed by atoms with Crippen molar-refractivity contribution in [3.05, 3.63) is 19.2 Å². The van der Waals surface area contributed by atoms with Crippen LogP contribution in [0.4, 0.5) is 0 Å². The van der Waals surface area contributed by atoms with Crippen LogP contribution in [0.5, 0.6) is 0 Å². The van der Waals surface area contributed by atoms with E-state index in [0.717, 1.165) is 32.6 Å². The lowest BCUT2D eigenvalue weighted by Crippen LogP contribution is -2.43. The molecule has 0 aliphatic carbocycles. The summed E-state index contributed by atoms with van der Waals surface area (Å²) < 4.78 is 1.93. The summed E-state index contributed by atoms with van der Waals surface area (Å²) >= 11 is 12.0. The summed E-state index contributed by atoms with van der Waals surface area (Å²) in [7, 11) is 0. The Labute approximate surface area is 130 Å². The van der Waals surface area contributed by atoms with E-state index in [-0.39, 0.29) is 5.91 Å². The second-order valence-corrected chi connectivity index (χ2v) is 8.67. The van der Waals surface area contributed by atoms with E-state index >= 15 is 0 Å². The van der Waals surface area contributed by atoms with Crippen molar-refractivity contribution >= 4 is 65.0 Å². The third kappa shape index (κ3) is 3.14. The predicted octanol–water partition coefficient (Wildman–Crippen LogP) is 4.52. The van der Waals surface area contributed by atoms with E-state index in [0.29, 0.717) is 10.7 Å². The molecule has 0 saturated carbocycles. The van der Waals surface area contributed by atoms with Gasteiger partial charge in [0.1, 0.15) is 0 Å². The number of carbonyl (C=O) groups is 1.